The van der Waals surface area contributed by atoms with Crippen molar-refractivity contribution in [2.24, 2.45) is 0 Å². The molecule has 0 aromatic heterocycles. The van der Waals surface area contributed by atoms with E-state index in [9.17, 15) is 14.4 Å². The van der Waals surface area contributed by atoms with E-state index in [-0.39, 0.29) is 37.5 Å². The number of ether oxygens (including phenoxy) is 3. The van der Waals surface area contributed by atoms with Gasteiger partial charge < -0.3 is 14.2 Å². The Hall–Kier alpha value is -5.23. The van der Waals surface area contributed by atoms with Gasteiger partial charge in [0.25, 0.3) is 0 Å². The van der Waals surface area contributed by atoms with Crippen LogP contribution < -0.4 is 0 Å². The van der Waals surface area contributed by atoms with Gasteiger partial charge in [-0.15, -0.1) is 0 Å². The highest BCUT2D eigenvalue weighted by Gasteiger charge is 2.19. The number of carbonyl (C=O) groups is 3. The third-order valence-corrected chi connectivity index (χ3v) is 12.7. The maximum Gasteiger partial charge on any atom is 0.306 e. The first-order valence-electron chi connectivity index (χ1n) is 31.6. The number of unbranched alkanes of at least 4 members (excludes halogenated alkanes) is 16. The fraction of sp³-hybridized carbons (Fsp3) is 0.575. The molecule has 0 saturated carbocycles. The molecule has 0 spiro atoms. The van der Waals surface area contributed by atoms with Crippen LogP contribution in [0.3, 0.4) is 0 Å². The lowest BCUT2D eigenvalue weighted by molar-refractivity contribution is -0.167. The van der Waals surface area contributed by atoms with Gasteiger partial charge in [0.15, 0.2) is 6.10 Å². The smallest absolute Gasteiger partial charge is 0.306 e. The topological polar surface area (TPSA) is 78.9 Å². The highest BCUT2D eigenvalue weighted by atomic mass is 16.6. The highest BCUT2D eigenvalue weighted by Crippen LogP contribution is 2.13. The largest absolute Gasteiger partial charge is 0.462 e. The maximum absolute atomic E-state index is 12.9. The average molecular weight is 1090 g/mol. The minimum atomic E-state index is -0.819. The van der Waals surface area contributed by atoms with Crippen LogP contribution in [-0.2, 0) is 28.6 Å². The van der Waals surface area contributed by atoms with Crippen LogP contribution >= 0.6 is 0 Å². The Morgan fingerprint density at radius 1 is 0.266 bits per heavy atom. The monoisotopic (exact) mass is 1090 g/mol. The molecule has 0 rings (SSSR count). The van der Waals surface area contributed by atoms with Crippen LogP contribution in [0.1, 0.15) is 252 Å². The van der Waals surface area contributed by atoms with Crippen molar-refractivity contribution in [3.8, 4) is 0 Å². The lowest BCUT2D eigenvalue weighted by atomic mass is 10.1. The molecule has 0 N–H and O–H groups in total. The van der Waals surface area contributed by atoms with Crippen LogP contribution in [0.2, 0.25) is 0 Å². The van der Waals surface area contributed by atoms with E-state index in [1.54, 1.807) is 0 Å². The van der Waals surface area contributed by atoms with E-state index in [2.05, 4.69) is 191 Å². The third kappa shape index (κ3) is 63.5. The average Bonchev–Trinajstić information content (AvgIpc) is 3.45. The molecule has 1 atom stereocenters. The van der Waals surface area contributed by atoms with Gasteiger partial charge in [-0.2, -0.15) is 0 Å². The number of hydrogen-bond acceptors (Lipinski definition) is 6. The quantitative estimate of drug-likeness (QED) is 0.0261. The van der Waals surface area contributed by atoms with Crippen LogP contribution in [0.5, 0.6) is 0 Å². The molecular formula is C73H114O6. The zero-order chi connectivity index (χ0) is 57.1. The van der Waals surface area contributed by atoms with Gasteiger partial charge >= 0.3 is 17.9 Å². The summed E-state index contributed by atoms with van der Waals surface area (Å²) in [5, 5.41) is 0. The van der Waals surface area contributed by atoms with Crippen LogP contribution in [0.25, 0.3) is 0 Å². The van der Waals surface area contributed by atoms with Gasteiger partial charge in [0.2, 0.25) is 0 Å². The van der Waals surface area contributed by atoms with Crippen LogP contribution in [0.15, 0.2) is 170 Å². The maximum atomic E-state index is 12.9. The molecule has 0 heterocycles. The molecule has 0 aliphatic rings. The minimum Gasteiger partial charge on any atom is -0.462 e. The third-order valence-electron chi connectivity index (χ3n) is 12.7. The van der Waals surface area contributed by atoms with Crippen molar-refractivity contribution < 1.29 is 28.6 Å². The first kappa shape index (κ1) is 73.8. The van der Waals surface area contributed by atoms with E-state index in [1.165, 1.54) is 51.4 Å². The summed E-state index contributed by atoms with van der Waals surface area (Å²) in [4.78, 5) is 38.2. The number of allylic oxidation sites excluding steroid dienone is 28. The van der Waals surface area contributed by atoms with Crippen LogP contribution in [0.4, 0.5) is 0 Å². The van der Waals surface area contributed by atoms with Crippen molar-refractivity contribution in [2.75, 3.05) is 13.2 Å². The van der Waals surface area contributed by atoms with E-state index in [0.29, 0.717) is 19.3 Å². The van der Waals surface area contributed by atoms with Gasteiger partial charge in [-0.05, 0) is 148 Å². The molecule has 1 unspecified atom stereocenters. The summed E-state index contributed by atoms with van der Waals surface area (Å²) in [5.41, 5.74) is 0. The second-order valence-corrected chi connectivity index (χ2v) is 20.2. The summed E-state index contributed by atoms with van der Waals surface area (Å²) >= 11 is 0. The standard InChI is InChI=1S/C73H114O6/c1-4-7-10-13-16-19-22-24-26-28-30-32-33-34-35-36-37-38-39-41-42-44-46-48-51-54-57-60-63-66-72(75)78-69-70(68-77-71(74)65-62-59-56-53-50-21-18-15-12-9-6-3)79-73(76)67-64-61-58-55-52-49-47-45-43-40-31-29-27-25-23-20-17-14-11-8-5-2/h7-8,10-11,15-20,24-27,30-32,34-35,37-38,40-42,45,47,52,55,70H,4-6,9,12-14,21-23,28-29,33,36,39,43-44,46,48-51,53-54,56-69H2,1-3H3/b10-7-,11-8-,18-15-,19-16-,20-17-,26-24-,27-25-,32-30-,35-34-,38-37-,40-31-,42-41-,47-45-,55-52-. The molecule has 0 aromatic rings. The number of rotatable bonds is 55. The van der Waals surface area contributed by atoms with Crippen molar-refractivity contribution in [1.82, 2.24) is 0 Å². The summed E-state index contributed by atoms with van der Waals surface area (Å²) < 4.78 is 16.8. The SMILES string of the molecule is CC/C=C\C/C=C\C/C=C\C/C=C\C/C=C\C/C=C\C/C=C\CCCCCCCCCC(=O)OCC(COC(=O)CCCCCCC/C=C\CCCC)OC(=O)CCCC/C=C\C/C=C\C/C=C\C/C=C\C/C=C\C/C=C\CC. The zero-order valence-corrected chi connectivity index (χ0v) is 50.6. The Labute approximate surface area is 485 Å². The molecule has 6 heteroatoms. The predicted octanol–water partition coefficient (Wildman–Crippen LogP) is 21.9. The van der Waals surface area contributed by atoms with Crippen LogP contribution in [0, 0.1) is 0 Å². The molecule has 0 saturated heterocycles. The second-order valence-electron chi connectivity index (χ2n) is 20.2. The normalized spacial score (nSPS) is 13.3. The zero-order valence-electron chi connectivity index (χ0n) is 50.6. The van der Waals surface area contributed by atoms with E-state index in [0.717, 1.165) is 154 Å². The molecular weight excluding hydrogens is 973 g/mol. The van der Waals surface area contributed by atoms with Crippen molar-refractivity contribution in [3.05, 3.63) is 170 Å². The molecule has 0 bridgehead atoms. The molecule has 0 amide bonds. The Morgan fingerprint density at radius 2 is 0.494 bits per heavy atom. The van der Waals surface area contributed by atoms with Crippen molar-refractivity contribution in [3.63, 3.8) is 0 Å². The molecule has 0 aromatic carbocycles. The number of hydrogen-bond donors (Lipinski definition) is 0. The molecule has 442 valence electrons. The molecule has 6 nitrogen and oxygen atoms in total. The number of carbonyl (C=O) groups excluding carboxylic acids is 3. The Bertz CT molecular complexity index is 1820. The molecule has 79 heavy (non-hydrogen) atoms. The van der Waals surface area contributed by atoms with Gasteiger partial charge in [0.05, 0.1) is 0 Å². The summed E-state index contributed by atoms with van der Waals surface area (Å²) in [7, 11) is 0. The first-order valence-corrected chi connectivity index (χ1v) is 31.6. The molecule has 0 aliphatic carbocycles. The van der Waals surface area contributed by atoms with Crippen molar-refractivity contribution >= 4 is 17.9 Å². The van der Waals surface area contributed by atoms with E-state index >= 15 is 0 Å². The van der Waals surface area contributed by atoms with Gasteiger partial charge in [-0.3, -0.25) is 14.4 Å². The summed E-state index contributed by atoms with van der Waals surface area (Å²) in [6.45, 7) is 6.31. The molecule has 0 radical (unpaired) electrons. The first-order chi connectivity index (χ1) is 39.0. The van der Waals surface area contributed by atoms with Gasteiger partial charge in [-0.25, -0.2) is 0 Å². The lowest BCUT2D eigenvalue weighted by Gasteiger charge is -2.18. The minimum absolute atomic E-state index is 0.111. The Morgan fingerprint density at radius 3 is 0.810 bits per heavy atom. The fourth-order valence-corrected chi connectivity index (χ4v) is 7.99. The van der Waals surface area contributed by atoms with E-state index in [4.69, 9.17) is 14.2 Å². The fourth-order valence-electron chi connectivity index (χ4n) is 7.99. The van der Waals surface area contributed by atoms with Gasteiger partial charge in [-0.1, -0.05) is 255 Å². The molecule has 0 fully saturated rings. The lowest BCUT2D eigenvalue weighted by Crippen LogP contribution is -2.30. The Kier molecular flexibility index (Phi) is 61.0. The highest BCUT2D eigenvalue weighted by molar-refractivity contribution is 5.71. The summed E-state index contributed by atoms with van der Waals surface area (Å²) in [6.07, 6.45) is 96.4. The summed E-state index contributed by atoms with van der Waals surface area (Å²) in [6, 6.07) is 0. The van der Waals surface area contributed by atoms with Gasteiger partial charge in [0, 0.05) is 19.3 Å². The van der Waals surface area contributed by atoms with Crippen molar-refractivity contribution in [1.29, 1.82) is 0 Å². The van der Waals surface area contributed by atoms with Crippen molar-refractivity contribution in [2.45, 2.75) is 258 Å². The van der Waals surface area contributed by atoms with Gasteiger partial charge in [0.1, 0.15) is 13.2 Å². The van der Waals surface area contributed by atoms with E-state index < -0.39 is 6.10 Å². The second kappa shape index (κ2) is 65.3. The van der Waals surface area contributed by atoms with Crippen LogP contribution in [-0.4, -0.2) is 37.2 Å². The Balaban J connectivity index is 4.41. The predicted molar refractivity (Wildman–Crippen MR) is 343 cm³/mol. The van der Waals surface area contributed by atoms with E-state index in [1.807, 2.05) is 0 Å². The molecule has 0 aliphatic heterocycles. The number of esters is 3. The summed E-state index contributed by atoms with van der Waals surface area (Å²) in [5.74, 6) is -0.982.